The normalized spacial score (nSPS) is 11.8. The number of hydrogen-bond donors (Lipinski definition) is 1. The van der Waals surface area contributed by atoms with Crippen molar-refractivity contribution in [2.75, 3.05) is 39.2 Å². The predicted octanol–water partition coefficient (Wildman–Crippen LogP) is 3.19. The van der Waals surface area contributed by atoms with Gasteiger partial charge in [0.15, 0.2) is 23.9 Å². The van der Waals surface area contributed by atoms with Crippen molar-refractivity contribution in [3.63, 3.8) is 0 Å². The zero-order valence-corrected chi connectivity index (χ0v) is 19.8. The number of nitrogens with zero attached hydrogens (tertiary/aromatic N) is 1. The van der Waals surface area contributed by atoms with Crippen LogP contribution in [0.5, 0.6) is 11.5 Å². The van der Waals surface area contributed by atoms with Crippen LogP contribution in [-0.2, 0) is 9.53 Å². The number of carbonyl (C=O) groups is 4. The van der Waals surface area contributed by atoms with Gasteiger partial charge in [0.1, 0.15) is 13.2 Å². The van der Waals surface area contributed by atoms with E-state index in [4.69, 9.17) is 14.2 Å². The van der Waals surface area contributed by atoms with Crippen molar-refractivity contribution < 1.29 is 33.4 Å². The first-order valence-corrected chi connectivity index (χ1v) is 11.2. The van der Waals surface area contributed by atoms with Gasteiger partial charge in [-0.05, 0) is 48.5 Å². The van der Waals surface area contributed by atoms with Crippen LogP contribution in [0.1, 0.15) is 36.6 Å². The van der Waals surface area contributed by atoms with Crippen molar-refractivity contribution >= 4 is 29.3 Å². The molecule has 4 rings (SSSR count). The summed E-state index contributed by atoms with van der Waals surface area (Å²) in [5.74, 6) is -0.912. The molecule has 0 aliphatic carbocycles. The van der Waals surface area contributed by atoms with Gasteiger partial charge in [-0.2, -0.15) is 0 Å². The number of esters is 1. The van der Waals surface area contributed by atoms with Crippen molar-refractivity contribution in [1.82, 2.24) is 4.90 Å². The van der Waals surface area contributed by atoms with Gasteiger partial charge in [0.2, 0.25) is 0 Å². The Labute approximate surface area is 207 Å². The zero-order chi connectivity index (χ0) is 25.7. The van der Waals surface area contributed by atoms with Gasteiger partial charge < -0.3 is 24.4 Å². The molecule has 0 fully saturated rings. The number of rotatable bonds is 7. The second-order valence-electron chi connectivity index (χ2n) is 8.13. The van der Waals surface area contributed by atoms with E-state index in [2.05, 4.69) is 5.32 Å². The van der Waals surface area contributed by atoms with Crippen LogP contribution >= 0.6 is 0 Å². The molecule has 2 amide bonds. The highest BCUT2D eigenvalue weighted by atomic mass is 16.6. The molecule has 184 valence electrons. The average molecular weight is 488 g/mol. The molecule has 0 spiro atoms. The first kappa shape index (κ1) is 24.5. The van der Waals surface area contributed by atoms with Crippen LogP contribution in [0.15, 0.2) is 66.7 Å². The fraction of sp³-hybridized carbons (Fsp3) is 0.185. The molecule has 3 aromatic carbocycles. The number of carbonyl (C=O) groups excluding carboxylic acids is 4. The Morgan fingerprint density at radius 2 is 1.47 bits per heavy atom. The van der Waals surface area contributed by atoms with Crippen LogP contribution in [-0.4, -0.2) is 62.4 Å². The molecule has 9 heteroatoms. The van der Waals surface area contributed by atoms with Crippen LogP contribution < -0.4 is 14.8 Å². The predicted molar refractivity (Wildman–Crippen MR) is 131 cm³/mol. The number of hydrogen-bond acceptors (Lipinski definition) is 7. The molecule has 36 heavy (non-hydrogen) atoms. The molecule has 0 atom stereocenters. The minimum absolute atomic E-state index is 0.0386. The molecule has 0 saturated heterocycles. The summed E-state index contributed by atoms with van der Waals surface area (Å²) in [6.07, 6.45) is 0. The molecular weight excluding hydrogens is 464 g/mol. The number of amides is 2. The van der Waals surface area contributed by atoms with Gasteiger partial charge in [-0.3, -0.25) is 14.4 Å². The summed E-state index contributed by atoms with van der Waals surface area (Å²) in [5.41, 5.74) is 1.43. The molecule has 3 aromatic rings. The van der Waals surface area contributed by atoms with Crippen LogP contribution in [0.4, 0.5) is 5.69 Å². The van der Waals surface area contributed by atoms with Gasteiger partial charge in [-0.1, -0.05) is 18.2 Å². The third-order valence-corrected chi connectivity index (χ3v) is 5.35. The van der Waals surface area contributed by atoms with Crippen molar-refractivity contribution in [3.8, 4) is 11.5 Å². The molecule has 1 N–H and O–H groups in total. The van der Waals surface area contributed by atoms with Crippen molar-refractivity contribution in [2.24, 2.45) is 0 Å². The fourth-order valence-electron chi connectivity index (χ4n) is 3.56. The van der Waals surface area contributed by atoms with Crippen molar-refractivity contribution in [3.05, 3.63) is 89.0 Å². The average Bonchev–Trinajstić information content (AvgIpc) is 2.91. The molecule has 9 nitrogen and oxygen atoms in total. The van der Waals surface area contributed by atoms with Gasteiger partial charge in [0.05, 0.1) is 5.56 Å². The number of nitrogens with one attached hydrogen (secondary N) is 1. The Hall–Kier alpha value is -4.66. The van der Waals surface area contributed by atoms with Crippen LogP contribution in [0.3, 0.4) is 0 Å². The van der Waals surface area contributed by atoms with E-state index < -0.39 is 24.3 Å². The van der Waals surface area contributed by atoms with Gasteiger partial charge >= 0.3 is 5.97 Å². The lowest BCUT2D eigenvalue weighted by molar-refractivity contribution is -0.119. The largest absolute Gasteiger partial charge is 0.486 e. The van der Waals surface area contributed by atoms with E-state index in [-0.39, 0.29) is 17.0 Å². The number of fused-ring (bicyclic) bond motifs is 1. The highest BCUT2D eigenvalue weighted by molar-refractivity contribution is 6.14. The van der Waals surface area contributed by atoms with Crippen LogP contribution in [0, 0.1) is 0 Å². The summed E-state index contributed by atoms with van der Waals surface area (Å²) in [6, 6.07) is 17.4. The number of ketones is 1. The third kappa shape index (κ3) is 5.52. The zero-order valence-electron chi connectivity index (χ0n) is 19.8. The van der Waals surface area contributed by atoms with E-state index in [9.17, 15) is 19.2 Å². The van der Waals surface area contributed by atoms with E-state index >= 15 is 0 Å². The first-order chi connectivity index (χ1) is 17.3. The van der Waals surface area contributed by atoms with Gasteiger partial charge in [0.25, 0.3) is 11.8 Å². The molecule has 0 bridgehead atoms. The molecule has 1 aliphatic heterocycles. The maximum absolute atomic E-state index is 13.1. The summed E-state index contributed by atoms with van der Waals surface area (Å²) < 4.78 is 16.2. The Morgan fingerprint density at radius 3 is 2.17 bits per heavy atom. The van der Waals surface area contributed by atoms with Crippen LogP contribution in [0.2, 0.25) is 0 Å². The quantitative estimate of drug-likeness (QED) is 0.402. The number of anilines is 1. The molecule has 0 radical (unpaired) electrons. The van der Waals surface area contributed by atoms with Gasteiger partial charge in [0, 0.05) is 36.5 Å². The van der Waals surface area contributed by atoms with E-state index in [0.717, 1.165) is 0 Å². The Morgan fingerprint density at radius 1 is 0.833 bits per heavy atom. The topological polar surface area (TPSA) is 111 Å². The summed E-state index contributed by atoms with van der Waals surface area (Å²) in [7, 11) is 3.29. The second-order valence-corrected chi connectivity index (χ2v) is 8.13. The second kappa shape index (κ2) is 10.7. The summed E-state index contributed by atoms with van der Waals surface area (Å²) in [6.45, 7) is 0.266. The van der Waals surface area contributed by atoms with E-state index in [1.54, 1.807) is 68.7 Å². The van der Waals surface area contributed by atoms with Crippen molar-refractivity contribution in [1.29, 1.82) is 0 Å². The Bertz CT molecular complexity index is 1320. The maximum atomic E-state index is 13.1. The lowest BCUT2D eigenvalue weighted by Gasteiger charge is -2.18. The number of benzene rings is 3. The van der Waals surface area contributed by atoms with Gasteiger partial charge in [-0.15, -0.1) is 0 Å². The minimum Gasteiger partial charge on any atom is -0.486 e. The SMILES string of the molecule is CN(C)C(=O)c1ccc(NC(=O)COC(=O)c2ccccc2C(=O)c2ccc3c(c2)OCCO3)cc1. The molecule has 0 saturated carbocycles. The van der Waals surface area contributed by atoms with Crippen LogP contribution in [0.25, 0.3) is 0 Å². The Kier molecular flexibility index (Phi) is 7.29. The fourth-order valence-corrected chi connectivity index (χ4v) is 3.56. The van der Waals surface area contributed by atoms with E-state index in [1.807, 2.05) is 0 Å². The highest BCUT2D eigenvalue weighted by Gasteiger charge is 2.22. The number of ether oxygens (including phenoxy) is 3. The molecule has 0 unspecified atom stereocenters. The molecule has 1 heterocycles. The standard InChI is InChI=1S/C27H24N2O7/c1-29(2)26(32)17-7-10-19(11-8-17)28-24(30)16-36-27(33)21-6-4-3-5-20(21)25(31)18-9-12-22-23(15-18)35-14-13-34-22/h3-12,15H,13-14,16H2,1-2H3,(H,28,30). The lowest BCUT2D eigenvalue weighted by Crippen LogP contribution is -2.23. The highest BCUT2D eigenvalue weighted by Crippen LogP contribution is 2.31. The van der Waals surface area contributed by atoms with E-state index in [1.165, 1.54) is 17.0 Å². The first-order valence-electron chi connectivity index (χ1n) is 11.2. The van der Waals surface area contributed by atoms with E-state index in [0.29, 0.717) is 41.5 Å². The molecule has 0 aromatic heterocycles. The molecular formula is C27H24N2O7. The van der Waals surface area contributed by atoms with Crippen molar-refractivity contribution in [2.45, 2.75) is 0 Å². The maximum Gasteiger partial charge on any atom is 0.339 e. The summed E-state index contributed by atoms with van der Waals surface area (Å²) in [4.78, 5) is 51.6. The smallest absolute Gasteiger partial charge is 0.339 e. The lowest BCUT2D eigenvalue weighted by atomic mass is 9.98. The summed E-state index contributed by atoms with van der Waals surface area (Å²) >= 11 is 0. The minimum atomic E-state index is -0.807. The molecule has 1 aliphatic rings. The Balaban J connectivity index is 1.40. The summed E-state index contributed by atoms with van der Waals surface area (Å²) in [5, 5.41) is 2.60. The monoisotopic (exact) mass is 488 g/mol. The third-order valence-electron chi connectivity index (χ3n) is 5.35. The van der Waals surface area contributed by atoms with Gasteiger partial charge in [-0.25, -0.2) is 4.79 Å².